The van der Waals surface area contributed by atoms with Crippen LogP contribution in [0.2, 0.25) is 0 Å². The first-order valence-corrected chi connectivity index (χ1v) is 10.2. The number of hydrogen-bond donors (Lipinski definition) is 1. The highest BCUT2D eigenvalue weighted by Crippen LogP contribution is 2.34. The largest absolute Gasteiger partial charge is 0.477 e. The van der Waals surface area contributed by atoms with Crippen molar-refractivity contribution in [1.29, 1.82) is 0 Å². The van der Waals surface area contributed by atoms with Gasteiger partial charge >= 0.3 is 5.97 Å². The lowest BCUT2D eigenvalue weighted by Gasteiger charge is -2.28. The highest BCUT2D eigenvalue weighted by atomic mass is 32.2. The highest BCUT2D eigenvalue weighted by Gasteiger charge is 2.25. The van der Waals surface area contributed by atoms with Crippen LogP contribution in [0.5, 0.6) is 0 Å². The summed E-state index contributed by atoms with van der Waals surface area (Å²) in [6, 6.07) is 8.01. The van der Waals surface area contributed by atoms with E-state index in [1.807, 2.05) is 4.90 Å². The van der Waals surface area contributed by atoms with Crippen LogP contribution >= 0.6 is 11.8 Å². The van der Waals surface area contributed by atoms with Gasteiger partial charge in [0.05, 0.1) is 15.8 Å². The summed E-state index contributed by atoms with van der Waals surface area (Å²) < 4.78 is 14.8. The molecule has 0 saturated carbocycles. The molecule has 0 radical (unpaired) electrons. The van der Waals surface area contributed by atoms with E-state index in [0.29, 0.717) is 30.0 Å². The van der Waals surface area contributed by atoms with Gasteiger partial charge in [-0.25, -0.2) is 9.18 Å². The fourth-order valence-corrected chi connectivity index (χ4v) is 4.42. The van der Waals surface area contributed by atoms with Crippen molar-refractivity contribution in [3.05, 3.63) is 74.3 Å². The summed E-state index contributed by atoms with van der Waals surface area (Å²) in [7, 11) is 0. The molecule has 1 aromatic heterocycles. The van der Waals surface area contributed by atoms with Crippen molar-refractivity contribution in [3.8, 4) is 5.69 Å². The van der Waals surface area contributed by atoms with Crippen LogP contribution in [0.1, 0.15) is 10.4 Å². The predicted octanol–water partition coefficient (Wildman–Crippen LogP) is 3.29. The van der Waals surface area contributed by atoms with Gasteiger partial charge in [-0.15, -0.1) is 0 Å². The first-order valence-electron chi connectivity index (χ1n) is 9.06. The SMILES string of the molecule is O=C(O)c1cn(-c2ccc(F)cc2)c2cc(N3CCSCC3)c([N+](=O)[O-])cc2c1=O. The number of carboxylic acid groups (broad SMARTS) is 1. The molecule has 0 amide bonds. The second-order valence-corrected chi connectivity index (χ2v) is 7.96. The van der Waals surface area contributed by atoms with Gasteiger partial charge in [-0.05, 0) is 30.3 Å². The Kier molecular flexibility index (Phi) is 5.17. The molecule has 1 fully saturated rings. The van der Waals surface area contributed by atoms with E-state index in [4.69, 9.17) is 0 Å². The van der Waals surface area contributed by atoms with Gasteiger partial charge in [-0.1, -0.05) is 0 Å². The Bertz CT molecular complexity index is 1220. The molecule has 154 valence electrons. The number of carbonyl (C=O) groups is 1. The Morgan fingerprint density at radius 2 is 1.83 bits per heavy atom. The summed E-state index contributed by atoms with van der Waals surface area (Å²) in [5.41, 5.74) is -0.470. The molecule has 4 rings (SSSR count). The van der Waals surface area contributed by atoms with E-state index < -0.39 is 27.7 Å². The molecule has 30 heavy (non-hydrogen) atoms. The molecular formula is C20H16FN3O5S. The van der Waals surface area contributed by atoms with Crippen LogP contribution in [0.4, 0.5) is 15.8 Å². The molecule has 0 spiro atoms. The lowest BCUT2D eigenvalue weighted by molar-refractivity contribution is -0.384. The van der Waals surface area contributed by atoms with Gasteiger partial charge in [0, 0.05) is 42.5 Å². The molecule has 1 N–H and O–H groups in total. The molecule has 8 nitrogen and oxygen atoms in total. The van der Waals surface area contributed by atoms with Crippen LogP contribution in [0.25, 0.3) is 16.6 Å². The Labute approximate surface area is 173 Å². The average molecular weight is 429 g/mol. The molecule has 10 heteroatoms. The summed E-state index contributed by atoms with van der Waals surface area (Å²) >= 11 is 1.75. The summed E-state index contributed by atoms with van der Waals surface area (Å²) in [6.45, 7) is 1.23. The van der Waals surface area contributed by atoms with Gasteiger partial charge in [-0.2, -0.15) is 11.8 Å². The zero-order chi connectivity index (χ0) is 21.4. The number of nitrogens with zero attached hydrogens (tertiary/aromatic N) is 3. The average Bonchev–Trinajstić information content (AvgIpc) is 2.74. The van der Waals surface area contributed by atoms with E-state index in [9.17, 15) is 29.2 Å². The third-order valence-electron chi connectivity index (χ3n) is 4.98. The molecule has 0 aliphatic carbocycles. The smallest absolute Gasteiger partial charge is 0.341 e. The molecule has 2 aromatic carbocycles. The maximum atomic E-state index is 13.4. The molecule has 1 aliphatic rings. The topological polar surface area (TPSA) is 106 Å². The number of anilines is 1. The van der Waals surface area contributed by atoms with Crippen LogP contribution in [0.3, 0.4) is 0 Å². The number of aromatic nitrogens is 1. The van der Waals surface area contributed by atoms with Crippen LogP contribution in [0, 0.1) is 15.9 Å². The Morgan fingerprint density at radius 3 is 2.43 bits per heavy atom. The second-order valence-electron chi connectivity index (χ2n) is 6.74. The van der Waals surface area contributed by atoms with Gasteiger partial charge in [0.2, 0.25) is 5.43 Å². The summed E-state index contributed by atoms with van der Waals surface area (Å²) in [6.07, 6.45) is 1.17. The first kappa shape index (κ1) is 19.9. The minimum atomic E-state index is -1.45. The Hall–Kier alpha value is -3.40. The van der Waals surface area contributed by atoms with Crippen LogP contribution in [-0.4, -0.2) is 45.2 Å². The van der Waals surface area contributed by atoms with Crippen molar-refractivity contribution in [3.63, 3.8) is 0 Å². The number of hydrogen-bond acceptors (Lipinski definition) is 6. The molecular weight excluding hydrogens is 413 g/mol. The van der Waals surface area contributed by atoms with E-state index in [1.165, 1.54) is 35.0 Å². The molecule has 3 aromatic rings. The third kappa shape index (κ3) is 3.50. The number of fused-ring (bicyclic) bond motifs is 1. The van der Waals surface area contributed by atoms with E-state index >= 15 is 0 Å². The van der Waals surface area contributed by atoms with Crippen molar-refractivity contribution < 1.29 is 19.2 Å². The number of rotatable bonds is 4. The van der Waals surface area contributed by atoms with E-state index in [2.05, 4.69) is 0 Å². The van der Waals surface area contributed by atoms with Gasteiger partial charge in [0.25, 0.3) is 5.69 Å². The fraction of sp³-hybridized carbons (Fsp3) is 0.200. The van der Waals surface area contributed by atoms with Crippen LogP contribution in [-0.2, 0) is 0 Å². The van der Waals surface area contributed by atoms with Crippen molar-refractivity contribution in [2.45, 2.75) is 0 Å². The minimum absolute atomic E-state index is 0.0824. The monoisotopic (exact) mass is 429 g/mol. The molecule has 0 unspecified atom stereocenters. The number of pyridine rings is 1. The molecule has 1 aliphatic heterocycles. The van der Waals surface area contributed by atoms with Gasteiger partial charge in [0.1, 0.15) is 17.1 Å². The highest BCUT2D eigenvalue weighted by molar-refractivity contribution is 7.99. The van der Waals surface area contributed by atoms with E-state index in [-0.39, 0.29) is 11.1 Å². The third-order valence-corrected chi connectivity index (χ3v) is 5.93. The molecule has 0 atom stereocenters. The lowest BCUT2D eigenvalue weighted by Crippen LogP contribution is -2.33. The summed E-state index contributed by atoms with van der Waals surface area (Å²) in [5.74, 6) is -0.280. The van der Waals surface area contributed by atoms with Gasteiger partial charge in [0.15, 0.2) is 0 Å². The van der Waals surface area contributed by atoms with E-state index in [1.54, 1.807) is 17.8 Å². The second kappa shape index (κ2) is 7.79. The molecule has 1 saturated heterocycles. The van der Waals surface area contributed by atoms with Crippen LogP contribution < -0.4 is 10.3 Å². The quantitative estimate of drug-likeness (QED) is 0.501. The van der Waals surface area contributed by atoms with Gasteiger partial charge in [-0.3, -0.25) is 14.9 Å². The number of nitro groups is 1. The predicted molar refractivity (Wildman–Crippen MR) is 113 cm³/mol. The number of benzene rings is 2. The standard InChI is InChI=1S/C20H16FN3O5S/c21-12-1-3-13(4-2-12)23-11-15(20(26)27)19(25)14-9-18(24(28)29)17(10-16(14)23)22-5-7-30-8-6-22/h1-4,9-11H,5-8H2,(H,26,27). The van der Waals surface area contributed by atoms with Crippen molar-refractivity contribution in [2.75, 3.05) is 29.5 Å². The van der Waals surface area contributed by atoms with Crippen molar-refractivity contribution in [2.24, 2.45) is 0 Å². The molecule has 0 bridgehead atoms. The van der Waals surface area contributed by atoms with Crippen molar-refractivity contribution >= 4 is 40.0 Å². The maximum Gasteiger partial charge on any atom is 0.341 e. The Morgan fingerprint density at radius 1 is 1.17 bits per heavy atom. The first-order chi connectivity index (χ1) is 14.4. The molecule has 2 heterocycles. The summed E-state index contributed by atoms with van der Waals surface area (Å²) in [4.78, 5) is 37.5. The minimum Gasteiger partial charge on any atom is -0.477 e. The summed E-state index contributed by atoms with van der Waals surface area (Å²) in [5, 5.41) is 21.1. The number of aromatic carboxylic acids is 1. The van der Waals surface area contributed by atoms with E-state index in [0.717, 1.165) is 17.6 Å². The number of nitro benzene ring substituents is 1. The number of halogens is 1. The van der Waals surface area contributed by atoms with Gasteiger partial charge < -0.3 is 14.6 Å². The zero-order valence-corrected chi connectivity index (χ0v) is 16.4. The van der Waals surface area contributed by atoms with Crippen LogP contribution in [0.15, 0.2) is 47.4 Å². The maximum absolute atomic E-state index is 13.4. The number of carboxylic acids is 1. The zero-order valence-electron chi connectivity index (χ0n) is 15.6. The van der Waals surface area contributed by atoms with Crippen molar-refractivity contribution in [1.82, 2.24) is 4.57 Å². The fourth-order valence-electron chi connectivity index (χ4n) is 3.52. The number of thioether (sulfide) groups is 1. The normalized spacial score (nSPS) is 14.1. The Balaban J connectivity index is 2.07. The lowest BCUT2D eigenvalue weighted by atomic mass is 10.1.